The fourth-order valence-electron chi connectivity index (χ4n) is 2.69. The van der Waals surface area contributed by atoms with Crippen LogP contribution in [-0.4, -0.2) is 25.9 Å². The Morgan fingerprint density at radius 3 is 2.68 bits per heavy atom. The molecular formula is C19H15N5O. The number of para-hydroxylation sites is 1. The number of nitrogens with zero attached hydrogens (tertiary/aromatic N) is 3. The third-order valence-electron chi connectivity index (χ3n) is 3.93. The first-order valence-corrected chi connectivity index (χ1v) is 7.78. The van der Waals surface area contributed by atoms with E-state index in [9.17, 15) is 4.79 Å². The van der Waals surface area contributed by atoms with E-state index in [4.69, 9.17) is 5.73 Å². The lowest BCUT2D eigenvalue weighted by Gasteiger charge is -2.04. The van der Waals surface area contributed by atoms with Crippen molar-refractivity contribution in [3.63, 3.8) is 0 Å². The summed E-state index contributed by atoms with van der Waals surface area (Å²) in [5.74, 6) is 0.0770. The van der Waals surface area contributed by atoms with E-state index in [1.54, 1.807) is 18.3 Å². The zero-order chi connectivity index (χ0) is 17.2. The second kappa shape index (κ2) is 6.09. The molecule has 0 saturated heterocycles. The van der Waals surface area contributed by atoms with Crippen LogP contribution in [0.4, 0.5) is 5.82 Å². The molecule has 0 aliphatic rings. The topological polar surface area (TPSA) is 89.6 Å². The summed E-state index contributed by atoms with van der Waals surface area (Å²) in [4.78, 5) is 12.6. The van der Waals surface area contributed by atoms with Gasteiger partial charge in [0.25, 0.3) is 5.91 Å². The van der Waals surface area contributed by atoms with Gasteiger partial charge in [-0.3, -0.25) is 9.89 Å². The molecule has 0 fully saturated rings. The number of hydrogen-bond acceptors (Lipinski definition) is 4. The van der Waals surface area contributed by atoms with E-state index in [0.717, 1.165) is 22.2 Å². The molecule has 0 bridgehead atoms. The molecule has 2 aromatic heterocycles. The highest BCUT2D eigenvalue weighted by molar-refractivity contribution is 6.00. The average molecular weight is 329 g/mol. The number of nitrogens with two attached hydrogens (primary N) is 1. The predicted molar refractivity (Wildman–Crippen MR) is 97.8 cm³/mol. The van der Waals surface area contributed by atoms with Gasteiger partial charge in [-0.25, -0.2) is 4.68 Å². The maximum absolute atomic E-state index is 12.6. The van der Waals surface area contributed by atoms with Crippen molar-refractivity contribution >= 4 is 34.8 Å². The maximum Gasteiger partial charge on any atom is 0.278 e. The number of benzene rings is 2. The van der Waals surface area contributed by atoms with Gasteiger partial charge in [0.2, 0.25) is 0 Å². The van der Waals surface area contributed by atoms with Gasteiger partial charge in [0.1, 0.15) is 5.82 Å². The minimum absolute atomic E-state index is 0.233. The van der Waals surface area contributed by atoms with Gasteiger partial charge < -0.3 is 5.73 Å². The Balaban J connectivity index is 1.70. The highest BCUT2D eigenvalue weighted by atomic mass is 16.2. The Hall–Kier alpha value is -3.67. The number of aromatic amines is 1. The second-order valence-corrected chi connectivity index (χ2v) is 5.57. The quantitative estimate of drug-likeness (QED) is 0.604. The van der Waals surface area contributed by atoms with Crippen LogP contribution >= 0.6 is 0 Å². The lowest BCUT2D eigenvalue weighted by Crippen LogP contribution is -2.14. The number of anilines is 1. The number of carbonyl (C=O) groups excluding carboxylic acids is 1. The number of hydrogen-bond donors (Lipinski definition) is 2. The van der Waals surface area contributed by atoms with E-state index < -0.39 is 0 Å². The van der Waals surface area contributed by atoms with Gasteiger partial charge in [0.05, 0.1) is 11.2 Å². The van der Waals surface area contributed by atoms with Gasteiger partial charge in [-0.1, -0.05) is 42.5 Å². The molecular weight excluding hydrogens is 314 g/mol. The van der Waals surface area contributed by atoms with Crippen molar-refractivity contribution in [2.75, 3.05) is 5.73 Å². The summed E-state index contributed by atoms with van der Waals surface area (Å²) in [6.45, 7) is 0. The molecule has 0 saturated carbocycles. The molecule has 3 N–H and O–H groups in total. The number of carbonyl (C=O) groups is 1. The first-order valence-electron chi connectivity index (χ1n) is 7.78. The summed E-state index contributed by atoms with van der Waals surface area (Å²) >= 11 is 0. The number of nitrogens with one attached hydrogen (secondary N) is 1. The smallest absolute Gasteiger partial charge is 0.278 e. The van der Waals surface area contributed by atoms with Crippen molar-refractivity contribution in [1.29, 1.82) is 0 Å². The molecule has 2 aromatic carbocycles. The van der Waals surface area contributed by atoms with E-state index in [1.165, 1.54) is 4.68 Å². The largest absolute Gasteiger partial charge is 0.382 e. The van der Waals surface area contributed by atoms with Gasteiger partial charge in [0, 0.05) is 23.2 Å². The fourth-order valence-corrected chi connectivity index (χ4v) is 2.69. The second-order valence-electron chi connectivity index (χ2n) is 5.57. The molecule has 6 heteroatoms. The van der Waals surface area contributed by atoms with Crippen LogP contribution in [0.5, 0.6) is 0 Å². The molecule has 0 radical (unpaired) electrons. The zero-order valence-corrected chi connectivity index (χ0v) is 13.3. The molecule has 122 valence electrons. The van der Waals surface area contributed by atoms with Crippen molar-refractivity contribution in [3.8, 4) is 0 Å². The minimum atomic E-state index is -0.233. The van der Waals surface area contributed by atoms with Crippen LogP contribution in [0.3, 0.4) is 0 Å². The van der Waals surface area contributed by atoms with Crippen molar-refractivity contribution in [1.82, 2.24) is 20.0 Å². The number of rotatable bonds is 3. The number of nitrogen functional groups attached to an aromatic ring is 1. The molecule has 4 rings (SSSR count). The van der Waals surface area contributed by atoms with Crippen LogP contribution in [0.25, 0.3) is 23.1 Å². The number of fused-ring (bicyclic) bond motifs is 1. The van der Waals surface area contributed by atoms with E-state index >= 15 is 0 Å². The lowest BCUT2D eigenvalue weighted by molar-refractivity contribution is 0.0945. The molecule has 0 spiro atoms. The Labute approximate surface area is 143 Å². The monoisotopic (exact) mass is 329 g/mol. The van der Waals surface area contributed by atoms with Gasteiger partial charge >= 0.3 is 0 Å². The third kappa shape index (κ3) is 2.81. The van der Waals surface area contributed by atoms with Crippen LogP contribution in [0.15, 0.2) is 60.8 Å². The Bertz CT molecular complexity index is 1090. The molecule has 0 atom stereocenters. The van der Waals surface area contributed by atoms with E-state index in [2.05, 4.69) is 15.3 Å². The van der Waals surface area contributed by atoms with Gasteiger partial charge in [-0.2, -0.15) is 5.10 Å². The summed E-state index contributed by atoms with van der Waals surface area (Å²) in [5.41, 5.74) is 8.72. The molecule has 0 aliphatic carbocycles. The first kappa shape index (κ1) is 14.9. The molecule has 6 nitrogen and oxygen atoms in total. The number of aromatic nitrogens is 4. The zero-order valence-electron chi connectivity index (χ0n) is 13.3. The van der Waals surface area contributed by atoms with Crippen molar-refractivity contribution in [2.45, 2.75) is 0 Å². The van der Waals surface area contributed by atoms with Crippen LogP contribution in [0.2, 0.25) is 0 Å². The standard InChI is InChI=1S/C19H15N5O/c20-18-11-12-24(23-18)19(25)14-6-2-1-5-13(14)9-10-17-15-7-3-4-8-16(15)21-22-17/h1-12H,(H2,20,23)(H,21,22)/b10-9+. The molecule has 4 aromatic rings. The van der Waals surface area contributed by atoms with Crippen LogP contribution in [-0.2, 0) is 0 Å². The van der Waals surface area contributed by atoms with Crippen LogP contribution in [0, 0.1) is 0 Å². The van der Waals surface area contributed by atoms with Gasteiger partial charge in [0.15, 0.2) is 0 Å². The Kier molecular flexibility index (Phi) is 3.63. The lowest BCUT2D eigenvalue weighted by atomic mass is 10.1. The highest BCUT2D eigenvalue weighted by Crippen LogP contribution is 2.19. The first-order chi connectivity index (χ1) is 12.2. The molecule has 2 heterocycles. The average Bonchev–Trinajstić information content (AvgIpc) is 3.26. The molecule has 0 aliphatic heterocycles. The van der Waals surface area contributed by atoms with Gasteiger partial charge in [-0.05, 0) is 23.8 Å². The van der Waals surface area contributed by atoms with Crippen molar-refractivity contribution in [3.05, 3.63) is 77.6 Å². The van der Waals surface area contributed by atoms with Crippen molar-refractivity contribution < 1.29 is 4.79 Å². The third-order valence-corrected chi connectivity index (χ3v) is 3.93. The summed E-state index contributed by atoms with van der Waals surface area (Å²) in [7, 11) is 0. The Morgan fingerprint density at radius 1 is 1.04 bits per heavy atom. The fraction of sp³-hybridized carbons (Fsp3) is 0. The summed E-state index contributed by atoms with van der Waals surface area (Å²) < 4.78 is 1.24. The molecule has 25 heavy (non-hydrogen) atoms. The Morgan fingerprint density at radius 2 is 1.84 bits per heavy atom. The molecule has 0 unspecified atom stereocenters. The normalized spacial score (nSPS) is 11.4. The van der Waals surface area contributed by atoms with Crippen molar-refractivity contribution in [2.24, 2.45) is 0 Å². The number of H-pyrrole nitrogens is 1. The molecule has 0 amide bonds. The highest BCUT2D eigenvalue weighted by Gasteiger charge is 2.12. The van der Waals surface area contributed by atoms with Gasteiger partial charge in [-0.15, -0.1) is 5.10 Å². The summed E-state index contributed by atoms with van der Waals surface area (Å²) in [6, 6.07) is 16.8. The van der Waals surface area contributed by atoms with E-state index in [0.29, 0.717) is 11.4 Å². The predicted octanol–water partition coefficient (Wildman–Crippen LogP) is 3.20. The summed E-state index contributed by atoms with van der Waals surface area (Å²) in [5, 5.41) is 12.3. The maximum atomic E-state index is 12.6. The summed E-state index contributed by atoms with van der Waals surface area (Å²) in [6.07, 6.45) is 5.32. The van der Waals surface area contributed by atoms with Crippen LogP contribution in [0.1, 0.15) is 21.6 Å². The van der Waals surface area contributed by atoms with E-state index in [-0.39, 0.29) is 5.91 Å². The van der Waals surface area contributed by atoms with Crippen LogP contribution < -0.4 is 5.73 Å². The SMILES string of the molecule is Nc1ccn(C(=O)c2ccccc2/C=C/c2n[nH]c3ccccc23)n1. The van der Waals surface area contributed by atoms with E-state index in [1.807, 2.05) is 54.6 Å². The minimum Gasteiger partial charge on any atom is -0.382 e.